The highest BCUT2D eigenvalue weighted by molar-refractivity contribution is 7.98. The third kappa shape index (κ3) is 3.28. The number of nitrogens with zero attached hydrogens (tertiary/aromatic N) is 2. The van der Waals surface area contributed by atoms with Crippen molar-refractivity contribution in [3.63, 3.8) is 0 Å². The van der Waals surface area contributed by atoms with Crippen LogP contribution in [0.1, 0.15) is 11.3 Å². The van der Waals surface area contributed by atoms with Crippen molar-refractivity contribution in [2.75, 3.05) is 5.73 Å². The number of benzene rings is 1. The van der Waals surface area contributed by atoms with Crippen LogP contribution < -0.4 is 5.73 Å². The first-order valence-corrected chi connectivity index (χ1v) is 6.97. The zero-order valence-electron chi connectivity index (χ0n) is 9.65. The number of nitrogen functional groups attached to an aromatic ring is 1. The third-order valence-electron chi connectivity index (χ3n) is 2.26. The van der Waals surface area contributed by atoms with Gasteiger partial charge in [-0.15, -0.1) is 0 Å². The van der Waals surface area contributed by atoms with Gasteiger partial charge in [0.1, 0.15) is 5.82 Å². The van der Waals surface area contributed by atoms with Gasteiger partial charge in [-0.05, 0) is 24.6 Å². The normalized spacial score (nSPS) is 10.6. The molecule has 0 fully saturated rings. The van der Waals surface area contributed by atoms with Gasteiger partial charge in [0.2, 0.25) is 0 Å². The Bertz CT molecular complexity index is 535. The molecule has 0 amide bonds. The number of thioether (sulfide) groups is 1. The number of nitrogens with two attached hydrogens (primary N) is 1. The molecule has 0 radical (unpaired) electrons. The van der Waals surface area contributed by atoms with Gasteiger partial charge in [-0.1, -0.05) is 41.0 Å². The largest absolute Gasteiger partial charge is 0.384 e. The molecule has 0 spiro atoms. The number of anilines is 1. The van der Waals surface area contributed by atoms with Crippen molar-refractivity contribution < 1.29 is 0 Å². The Kier molecular flexibility index (Phi) is 4.32. The molecule has 2 rings (SSSR count). The predicted octanol–water partition coefficient (Wildman–Crippen LogP) is 3.97. The van der Waals surface area contributed by atoms with E-state index < -0.39 is 0 Å². The van der Waals surface area contributed by atoms with E-state index in [1.807, 2.05) is 25.1 Å². The van der Waals surface area contributed by atoms with Gasteiger partial charge >= 0.3 is 0 Å². The predicted molar refractivity (Wildman–Crippen MR) is 77.2 cm³/mol. The Balaban J connectivity index is 2.16. The fraction of sp³-hybridized carbons (Fsp3) is 0.167. The molecule has 2 N–H and O–H groups in total. The summed E-state index contributed by atoms with van der Waals surface area (Å²) in [5.41, 5.74) is 7.40. The lowest BCUT2D eigenvalue weighted by molar-refractivity contribution is 0.940. The van der Waals surface area contributed by atoms with Crippen molar-refractivity contribution in [3.8, 4) is 0 Å². The van der Waals surface area contributed by atoms with Gasteiger partial charge in [0.25, 0.3) is 0 Å². The van der Waals surface area contributed by atoms with Crippen LogP contribution in [0.15, 0.2) is 29.4 Å². The number of halogens is 2. The standard InChI is InChI=1S/C12H11Cl2N3S/c1-7-5-11(15)17-12(16-7)18-6-8-9(13)3-2-4-10(8)14/h2-5H,6H2,1H3,(H2,15,16,17). The molecule has 0 saturated carbocycles. The second-order valence-corrected chi connectivity index (χ2v) is 5.46. The van der Waals surface area contributed by atoms with Gasteiger partial charge < -0.3 is 5.73 Å². The van der Waals surface area contributed by atoms with E-state index in [1.54, 1.807) is 6.07 Å². The smallest absolute Gasteiger partial charge is 0.190 e. The van der Waals surface area contributed by atoms with Gasteiger partial charge in [-0.2, -0.15) is 0 Å². The van der Waals surface area contributed by atoms with E-state index in [-0.39, 0.29) is 0 Å². The minimum Gasteiger partial charge on any atom is -0.384 e. The molecule has 0 bridgehead atoms. The van der Waals surface area contributed by atoms with Crippen molar-refractivity contribution in [3.05, 3.63) is 45.6 Å². The van der Waals surface area contributed by atoms with Crippen LogP contribution in [-0.4, -0.2) is 9.97 Å². The van der Waals surface area contributed by atoms with Crippen molar-refractivity contribution in [1.82, 2.24) is 9.97 Å². The van der Waals surface area contributed by atoms with Crippen LogP contribution in [0.5, 0.6) is 0 Å². The Morgan fingerprint density at radius 2 is 1.89 bits per heavy atom. The topological polar surface area (TPSA) is 51.8 Å². The summed E-state index contributed by atoms with van der Waals surface area (Å²) in [4.78, 5) is 8.45. The third-order valence-corrected chi connectivity index (χ3v) is 3.84. The molecule has 0 atom stereocenters. The van der Waals surface area contributed by atoms with Crippen LogP contribution in [0.3, 0.4) is 0 Å². The summed E-state index contributed by atoms with van der Waals surface area (Å²) in [5, 5.41) is 1.93. The quantitative estimate of drug-likeness (QED) is 0.688. The minimum atomic E-state index is 0.468. The summed E-state index contributed by atoms with van der Waals surface area (Å²) >= 11 is 13.6. The maximum atomic E-state index is 6.10. The van der Waals surface area contributed by atoms with Crippen LogP contribution in [-0.2, 0) is 5.75 Å². The van der Waals surface area contributed by atoms with E-state index in [9.17, 15) is 0 Å². The highest BCUT2D eigenvalue weighted by Crippen LogP contribution is 2.30. The Morgan fingerprint density at radius 1 is 1.22 bits per heavy atom. The van der Waals surface area contributed by atoms with Gasteiger partial charge in [0.05, 0.1) is 0 Å². The molecule has 0 saturated heterocycles. The van der Waals surface area contributed by atoms with Crippen LogP contribution in [0, 0.1) is 6.92 Å². The molecule has 0 aliphatic carbocycles. The first kappa shape index (κ1) is 13.5. The molecule has 3 nitrogen and oxygen atoms in total. The zero-order valence-corrected chi connectivity index (χ0v) is 12.0. The van der Waals surface area contributed by atoms with E-state index in [0.717, 1.165) is 11.3 Å². The van der Waals surface area contributed by atoms with Crippen molar-refractivity contribution in [2.45, 2.75) is 17.8 Å². The van der Waals surface area contributed by atoms with E-state index in [2.05, 4.69) is 9.97 Å². The summed E-state index contributed by atoms with van der Waals surface area (Å²) < 4.78 is 0. The summed E-state index contributed by atoms with van der Waals surface area (Å²) in [6.07, 6.45) is 0. The van der Waals surface area contributed by atoms with E-state index in [0.29, 0.717) is 26.8 Å². The lowest BCUT2D eigenvalue weighted by Gasteiger charge is -2.06. The molecule has 94 valence electrons. The molecule has 0 unspecified atom stereocenters. The molecule has 0 aliphatic heterocycles. The molecule has 0 aliphatic rings. The molecular formula is C12H11Cl2N3S. The number of hydrogen-bond donors (Lipinski definition) is 1. The highest BCUT2D eigenvalue weighted by Gasteiger charge is 2.08. The fourth-order valence-electron chi connectivity index (χ4n) is 1.44. The molecule has 18 heavy (non-hydrogen) atoms. The minimum absolute atomic E-state index is 0.468. The number of hydrogen-bond acceptors (Lipinski definition) is 4. The summed E-state index contributed by atoms with van der Waals surface area (Å²) in [7, 11) is 0. The number of aryl methyl sites for hydroxylation is 1. The molecule has 1 heterocycles. The van der Waals surface area contributed by atoms with Crippen molar-refractivity contribution in [1.29, 1.82) is 0 Å². The Labute approximate surface area is 120 Å². The molecule has 1 aromatic carbocycles. The average molecular weight is 300 g/mol. The second kappa shape index (κ2) is 5.78. The molecule has 1 aromatic heterocycles. The lowest BCUT2D eigenvalue weighted by atomic mass is 10.2. The van der Waals surface area contributed by atoms with Gasteiger partial charge in [-0.25, -0.2) is 9.97 Å². The van der Waals surface area contributed by atoms with Crippen LogP contribution in [0.2, 0.25) is 10.0 Å². The lowest BCUT2D eigenvalue weighted by Crippen LogP contribution is -1.97. The maximum Gasteiger partial charge on any atom is 0.190 e. The first-order chi connectivity index (χ1) is 8.56. The van der Waals surface area contributed by atoms with Gasteiger partial charge in [0, 0.05) is 27.6 Å². The SMILES string of the molecule is Cc1cc(N)nc(SCc2c(Cl)cccc2Cl)n1. The number of aromatic nitrogens is 2. The zero-order chi connectivity index (χ0) is 13.1. The van der Waals surface area contributed by atoms with E-state index >= 15 is 0 Å². The summed E-state index contributed by atoms with van der Waals surface area (Å²) in [6.45, 7) is 1.88. The maximum absolute atomic E-state index is 6.10. The summed E-state index contributed by atoms with van der Waals surface area (Å²) in [5.74, 6) is 1.08. The monoisotopic (exact) mass is 299 g/mol. The number of rotatable bonds is 3. The highest BCUT2D eigenvalue weighted by atomic mass is 35.5. The van der Waals surface area contributed by atoms with Crippen molar-refractivity contribution in [2.24, 2.45) is 0 Å². The first-order valence-electron chi connectivity index (χ1n) is 5.23. The van der Waals surface area contributed by atoms with E-state index in [4.69, 9.17) is 28.9 Å². The van der Waals surface area contributed by atoms with Gasteiger partial charge in [-0.3, -0.25) is 0 Å². The van der Waals surface area contributed by atoms with E-state index in [1.165, 1.54) is 11.8 Å². The summed E-state index contributed by atoms with van der Waals surface area (Å²) in [6, 6.07) is 7.18. The Morgan fingerprint density at radius 3 is 2.50 bits per heavy atom. The molecule has 2 aromatic rings. The van der Waals surface area contributed by atoms with Crippen LogP contribution in [0.25, 0.3) is 0 Å². The van der Waals surface area contributed by atoms with Gasteiger partial charge in [0.15, 0.2) is 5.16 Å². The molecular weight excluding hydrogens is 289 g/mol. The average Bonchev–Trinajstić information content (AvgIpc) is 2.27. The van der Waals surface area contributed by atoms with Crippen molar-refractivity contribution >= 4 is 40.8 Å². The molecule has 6 heteroatoms. The fourth-order valence-corrected chi connectivity index (χ4v) is 3.09. The Hall–Kier alpha value is -0.970. The van der Waals surface area contributed by atoms with Crippen LogP contribution in [0.4, 0.5) is 5.82 Å². The van der Waals surface area contributed by atoms with Crippen LogP contribution >= 0.6 is 35.0 Å². The second-order valence-electron chi connectivity index (χ2n) is 3.71.